The zero-order valence-electron chi connectivity index (χ0n) is 8.08. The third-order valence-corrected chi connectivity index (χ3v) is 3.70. The molecule has 13 heavy (non-hydrogen) atoms. The Labute approximate surface area is 78.7 Å². The number of hydrogen-bond acceptors (Lipinski definition) is 3. The monoisotopic (exact) mass is 208 g/mol. The molecule has 1 unspecified atom stereocenters. The lowest BCUT2D eigenvalue weighted by atomic mass is 10.2. The van der Waals surface area contributed by atoms with Gasteiger partial charge in [0.25, 0.3) is 0 Å². The maximum absolute atomic E-state index is 11.7. The van der Waals surface area contributed by atoms with Crippen molar-refractivity contribution in [2.45, 2.75) is 25.6 Å². The summed E-state index contributed by atoms with van der Waals surface area (Å²) in [6.45, 7) is 0.693. The molecular formula is C7H17N2O3P. The first-order chi connectivity index (χ1) is 6.20. The van der Waals surface area contributed by atoms with Crippen LogP contribution in [0.2, 0.25) is 0 Å². The Bertz CT molecular complexity index is 186. The Morgan fingerprint density at radius 1 is 1.38 bits per heavy atom. The van der Waals surface area contributed by atoms with Gasteiger partial charge in [0.1, 0.15) is 0 Å². The Hall–Kier alpha value is 0.0700. The lowest BCUT2D eigenvalue weighted by Gasteiger charge is -2.26. The normalized spacial score (nSPS) is 24.6. The first kappa shape index (κ1) is 11.1. The van der Waals surface area contributed by atoms with Crippen LogP contribution in [-0.4, -0.2) is 27.0 Å². The molecule has 1 heterocycles. The van der Waals surface area contributed by atoms with E-state index in [1.165, 1.54) is 0 Å². The Kier molecular flexibility index (Phi) is 4.35. The summed E-state index contributed by atoms with van der Waals surface area (Å²) in [5.74, 6) is 0. The summed E-state index contributed by atoms with van der Waals surface area (Å²) in [6.07, 6.45) is 2.61. The molecule has 1 rings (SSSR count). The molecule has 0 spiro atoms. The molecule has 2 N–H and O–H groups in total. The molecule has 1 saturated heterocycles. The zero-order valence-corrected chi connectivity index (χ0v) is 8.97. The van der Waals surface area contributed by atoms with Gasteiger partial charge in [0.2, 0.25) is 0 Å². The van der Waals surface area contributed by atoms with Crippen LogP contribution in [-0.2, 0) is 13.8 Å². The van der Waals surface area contributed by atoms with Crippen molar-refractivity contribution in [1.29, 1.82) is 0 Å². The van der Waals surface area contributed by atoms with E-state index < -0.39 is 7.67 Å². The molecule has 1 atom stereocenters. The molecule has 0 aromatic rings. The van der Waals surface area contributed by atoms with E-state index in [1.54, 1.807) is 14.1 Å². The Morgan fingerprint density at radius 3 is 2.54 bits per heavy atom. The van der Waals surface area contributed by atoms with Gasteiger partial charge < -0.3 is 4.74 Å². The van der Waals surface area contributed by atoms with Crippen molar-refractivity contribution in [3.05, 3.63) is 0 Å². The molecule has 0 aromatic heterocycles. The molecule has 0 saturated carbocycles. The van der Waals surface area contributed by atoms with Crippen LogP contribution in [0.5, 0.6) is 0 Å². The van der Waals surface area contributed by atoms with Crippen molar-refractivity contribution >= 4 is 7.67 Å². The number of rotatable bonds is 4. The van der Waals surface area contributed by atoms with E-state index in [4.69, 9.17) is 9.26 Å². The molecule has 0 radical (unpaired) electrons. The number of nitrogens with one attached hydrogen (secondary N) is 2. The van der Waals surface area contributed by atoms with Gasteiger partial charge in [-0.25, -0.2) is 10.2 Å². The molecule has 0 aliphatic carbocycles. The molecule has 1 aliphatic rings. The molecule has 0 aromatic carbocycles. The topological polar surface area (TPSA) is 59.6 Å². The van der Waals surface area contributed by atoms with Crippen LogP contribution in [0.1, 0.15) is 19.3 Å². The van der Waals surface area contributed by atoms with Crippen LogP contribution < -0.4 is 10.2 Å². The van der Waals surface area contributed by atoms with E-state index in [9.17, 15) is 4.57 Å². The molecule has 1 fully saturated rings. The third kappa shape index (κ3) is 3.37. The maximum atomic E-state index is 11.7. The highest BCUT2D eigenvalue weighted by Crippen LogP contribution is 2.39. The summed E-state index contributed by atoms with van der Waals surface area (Å²) in [6, 6.07) is 0. The molecule has 0 bridgehead atoms. The summed E-state index contributed by atoms with van der Waals surface area (Å²) in [5, 5.41) is 5.24. The molecule has 1 aliphatic heterocycles. The van der Waals surface area contributed by atoms with E-state index in [1.807, 2.05) is 0 Å². The van der Waals surface area contributed by atoms with Crippen molar-refractivity contribution in [1.82, 2.24) is 10.2 Å². The second-order valence-electron chi connectivity index (χ2n) is 2.90. The van der Waals surface area contributed by atoms with Gasteiger partial charge in [-0.1, -0.05) is 0 Å². The largest absolute Gasteiger partial charge is 0.352 e. The van der Waals surface area contributed by atoms with Crippen LogP contribution in [0.15, 0.2) is 0 Å². The second kappa shape index (κ2) is 5.08. The third-order valence-electron chi connectivity index (χ3n) is 1.99. The first-order valence-electron chi connectivity index (χ1n) is 4.48. The van der Waals surface area contributed by atoms with Gasteiger partial charge in [0.15, 0.2) is 6.29 Å². The highest BCUT2D eigenvalue weighted by atomic mass is 31.2. The molecule has 6 heteroatoms. The predicted octanol–water partition coefficient (Wildman–Crippen LogP) is 1.08. The van der Waals surface area contributed by atoms with Gasteiger partial charge in [0, 0.05) is 6.61 Å². The summed E-state index contributed by atoms with van der Waals surface area (Å²) < 4.78 is 22.3. The Balaban J connectivity index is 2.40. The fraction of sp³-hybridized carbons (Fsp3) is 1.00. The average Bonchev–Trinajstić information content (AvgIpc) is 2.19. The van der Waals surface area contributed by atoms with Crippen molar-refractivity contribution in [3.63, 3.8) is 0 Å². The van der Waals surface area contributed by atoms with Gasteiger partial charge in [-0.05, 0) is 33.4 Å². The summed E-state index contributed by atoms with van der Waals surface area (Å²) in [7, 11) is 0.320. The second-order valence-corrected chi connectivity index (χ2v) is 5.11. The quantitative estimate of drug-likeness (QED) is 0.677. The summed E-state index contributed by atoms with van der Waals surface area (Å²) in [4.78, 5) is 0. The fourth-order valence-electron chi connectivity index (χ4n) is 1.18. The van der Waals surface area contributed by atoms with E-state index in [2.05, 4.69) is 10.2 Å². The first-order valence-corrected chi connectivity index (χ1v) is 6.11. The van der Waals surface area contributed by atoms with Gasteiger partial charge in [-0.2, -0.15) is 0 Å². The predicted molar refractivity (Wildman–Crippen MR) is 50.4 cm³/mol. The number of hydrogen-bond donors (Lipinski definition) is 2. The van der Waals surface area contributed by atoms with Gasteiger partial charge in [-0.15, -0.1) is 0 Å². The van der Waals surface area contributed by atoms with Crippen LogP contribution in [0.3, 0.4) is 0 Å². The van der Waals surface area contributed by atoms with E-state index in [0.717, 1.165) is 19.3 Å². The minimum absolute atomic E-state index is 0.334. The van der Waals surface area contributed by atoms with Crippen molar-refractivity contribution in [3.8, 4) is 0 Å². The average molecular weight is 208 g/mol. The standard InChI is InChI=1S/C7H17N2O3P/c1-8-13(10,9-2)12-7-5-3-4-6-11-7/h7H,3-6H2,1-2H3,(H2,8,9,10). The summed E-state index contributed by atoms with van der Waals surface area (Å²) in [5.41, 5.74) is 0. The fourth-order valence-corrected chi connectivity index (χ4v) is 2.11. The van der Waals surface area contributed by atoms with Crippen LogP contribution >= 0.6 is 7.67 Å². The van der Waals surface area contributed by atoms with Crippen molar-refractivity contribution in [2.24, 2.45) is 0 Å². The zero-order chi connectivity index (χ0) is 9.73. The highest BCUT2D eigenvalue weighted by Gasteiger charge is 2.25. The lowest BCUT2D eigenvalue weighted by Crippen LogP contribution is -2.27. The van der Waals surface area contributed by atoms with E-state index in [0.29, 0.717) is 6.61 Å². The highest BCUT2D eigenvalue weighted by molar-refractivity contribution is 7.54. The number of ether oxygens (including phenoxy) is 1. The van der Waals surface area contributed by atoms with Crippen LogP contribution in [0, 0.1) is 0 Å². The minimum Gasteiger partial charge on any atom is -0.352 e. The van der Waals surface area contributed by atoms with Crippen LogP contribution in [0.25, 0.3) is 0 Å². The van der Waals surface area contributed by atoms with E-state index in [-0.39, 0.29) is 6.29 Å². The lowest BCUT2D eigenvalue weighted by molar-refractivity contribution is -0.106. The minimum atomic E-state index is -2.87. The van der Waals surface area contributed by atoms with Gasteiger partial charge in [-0.3, -0.25) is 9.09 Å². The van der Waals surface area contributed by atoms with Crippen molar-refractivity contribution < 1.29 is 13.8 Å². The SMILES string of the molecule is CNP(=O)(NC)OC1CCCCO1. The Morgan fingerprint density at radius 2 is 2.08 bits per heavy atom. The molecule has 78 valence electrons. The van der Waals surface area contributed by atoms with Gasteiger partial charge in [0.05, 0.1) is 0 Å². The molecule has 5 nitrogen and oxygen atoms in total. The molecular weight excluding hydrogens is 191 g/mol. The summed E-state index contributed by atoms with van der Waals surface area (Å²) >= 11 is 0. The van der Waals surface area contributed by atoms with Gasteiger partial charge >= 0.3 is 7.67 Å². The molecule has 0 amide bonds. The maximum Gasteiger partial charge on any atom is 0.342 e. The van der Waals surface area contributed by atoms with Crippen molar-refractivity contribution in [2.75, 3.05) is 20.7 Å². The van der Waals surface area contributed by atoms with E-state index >= 15 is 0 Å². The smallest absolute Gasteiger partial charge is 0.342 e. The van der Waals surface area contributed by atoms with Crippen LogP contribution in [0.4, 0.5) is 0 Å².